The molecule has 1 fully saturated rings. The van der Waals surface area contributed by atoms with Crippen LogP contribution in [0.25, 0.3) is 0 Å². The van der Waals surface area contributed by atoms with Gasteiger partial charge in [-0.25, -0.2) is 4.98 Å². The van der Waals surface area contributed by atoms with E-state index in [1.165, 1.54) is 19.5 Å². The Balaban J connectivity index is 1.85. The molecule has 1 aromatic rings. The maximum atomic E-state index is 5.62. The number of aryl methyl sites for hydroxylation is 1. The molecule has 2 heterocycles. The van der Waals surface area contributed by atoms with Gasteiger partial charge in [-0.15, -0.1) is 0 Å². The summed E-state index contributed by atoms with van der Waals surface area (Å²) >= 11 is 0. The van der Waals surface area contributed by atoms with Gasteiger partial charge in [0, 0.05) is 24.8 Å². The predicted molar refractivity (Wildman–Crippen MR) is 69.9 cm³/mol. The van der Waals surface area contributed by atoms with E-state index in [1.54, 1.807) is 0 Å². The van der Waals surface area contributed by atoms with Crippen molar-refractivity contribution in [2.45, 2.75) is 20.3 Å². The van der Waals surface area contributed by atoms with Gasteiger partial charge in [0.05, 0.1) is 0 Å². The number of nitrogens with one attached hydrogen (secondary N) is 1. The highest BCUT2D eigenvalue weighted by atomic mass is 15.1. The Bertz CT molecular complexity index is 359. The molecule has 1 aliphatic heterocycles. The van der Waals surface area contributed by atoms with E-state index in [4.69, 9.17) is 5.73 Å². The molecule has 1 saturated heterocycles. The summed E-state index contributed by atoms with van der Waals surface area (Å²) in [7, 11) is 0. The molecule has 0 saturated carbocycles. The Labute approximate surface area is 102 Å². The van der Waals surface area contributed by atoms with Gasteiger partial charge >= 0.3 is 0 Å². The lowest BCUT2D eigenvalue weighted by molar-refractivity contribution is 0.345. The van der Waals surface area contributed by atoms with Crippen LogP contribution in [0.4, 0.5) is 11.8 Å². The zero-order chi connectivity index (χ0) is 12.3. The molecular weight excluding hydrogens is 214 g/mol. The second kappa shape index (κ2) is 5.31. The van der Waals surface area contributed by atoms with E-state index in [0.717, 1.165) is 24.6 Å². The normalized spacial score (nSPS) is 20.7. The Morgan fingerprint density at radius 2 is 2.35 bits per heavy atom. The molecule has 0 radical (unpaired) electrons. The molecule has 0 aromatic carbocycles. The third-order valence-electron chi connectivity index (χ3n) is 3.26. The minimum Gasteiger partial charge on any atom is -0.370 e. The smallest absolute Gasteiger partial charge is 0.222 e. The maximum absolute atomic E-state index is 5.62. The van der Waals surface area contributed by atoms with E-state index < -0.39 is 0 Å². The van der Waals surface area contributed by atoms with E-state index >= 15 is 0 Å². The zero-order valence-corrected chi connectivity index (χ0v) is 10.6. The fourth-order valence-corrected chi connectivity index (χ4v) is 2.30. The highest BCUT2D eigenvalue weighted by molar-refractivity contribution is 5.40. The van der Waals surface area contributed by atoms with Gasteiger partial charge in [-0.1, -0.05) is 6.92 Å². The molecule has 0 bridgehead atoms. The zero-order valence-electron chi connectivity index (χ0n) is 10.6. The van der Waals surface area contributed by atoms with Gasteiger partial charge in [0.25, 0.3) is 0 Å². The predicted octanol–water partition coefficient (Wildman–Crippen LogP) is 1.12. The van der Waals surface area contributed by atoms with Gasteiger partial charge < -0.3 is 16.0 Å². The van der Waals surface area contributed by atoms with Crippen LogP contribution in [0.15, 0.2) is 6.07 Å². The molecule has 5 heteroatoms. The van der Waals surface area contributed by atoms with Crippen LogP contribution >= 0.6 is 0 Å². The lowest BCUT2D eigenvalue weighted by Gasteiger charge is -2.14. The standard InChI is InChI=1S/C12H21N5/c1-3-17-5-4-10(8-17)7-14-11-6-9(2)15-12(13)16-11/h6,10H,3-5,7-8H2,1-2H3,(H3,13,14,15,16). The van der Waals surface area contributed by atoms with Crippen LogP contribution in [-0.4, -0.2) is 41.0 Å². The molecular formula is C12H21N5. The third-order valence-corrected chi connectivity index (χ3v) is 3.26. The van der Waals surface area contributed by atoms with Crippen LogP contribution in [0.1, 0.15) is 19.0 Å². The minimum atomic E-state index is 0.342. The topological polar surface area (TPSA) is 67.1 Å². The number of likely N-dealkylation sites (tertiary alicyclic amines) is 1. The van der Waals surface area contributed by atoms with E-state index in [-0.39, 0.29) is 0 Å². The first-order valence-corrected chi connectivity index (χ1v) is 6.24. The highest BCUT2D eigenvalue weighted by Gasteiger charge is 2.20. The van der Waals surface area contributed by atoms with Crippen molar-refractivity contribution in [3.05, 3.63) is 11.8 Å². The van der Waals surface area contributed by atoms with Crippen LogP contribution < -0.4 is 11.1 Å². The molecule has 2 rings (SSSR count). The van der Waals surface area contributed by atoms with Crippen molar-refractivity contribution in [1.29, 1.82) is 0 Å². The first-order chi connectivity index (χ1) is 8.17. The molecule has 0 amide bonds. The molecule has 1 unspecified atom stereocenters. The van der Waals surface area contributed by atoms with Gasteiger partial charge in [0.15, 0.2) is 0 Å². The summed E-state index contributed by atoms with van der Waals surface area (Å²) in [6, 6.07) is 1.93. The molecule has 0 spiro atoms. The number of anilines is 2. The number of nitrogens with zero attached hydrogens (tertiary/aromatic N) is 3. The van der Waals surface area contributed by atoms with Gasteiger partial charge in [0.1, 0.15) is 5.82 Å². The summed E-state index contributed by atoms with van der Waals surface area (Å²) in [6.07, 6.45) is 1.26. The fraction of sp³-hybridized carbons (Fsp3) is 0.667. The quantitative estimate of drug-likeness (QED) is 0.818. The SMILES string of the molecule is CCN1CCC(CNc2cc(C)nc(N)n2)C1. The van der Waals surface area contributed by atoms with E-state index in [0.29, 0.717) is 11.9 Å². The Morgan fingerprint density at radius 3 is 3.00 bits per heavy atom. The van der Waals surface area contributed by atoms with Crippen LogP contribution in [0.3, 0.4) is 0 Å². The van der Waals surface area contributed by atoms with E-state index in [2.05, 4.69) is 27.1 Å². The first-order valence-electron chi connectivity index (χ1n) is 6.24. The molecule has 3 N–H and O–H groups in total. The second-order valence-electron chi connectivity index (χ2n) is 4.68. The largest absolute Gasteiger partial charge is 0.370 e. The summed E-state index contributed by atoms with van der Waals surface area (Å²) in [6.45, 7) is 8.65. The van der Waals surface area contributed by atoms with Crippen LogP contribution in [0.5, 0.6) is 0 Å². The summed E-state index contributed by atoms with van der Waals surface area (Å²) in [5, 5.41) is 3.36. The number of hydrogen-bond acceptors (Lipinski definition) is 5. The van der Waals surface area contributed by atoms with Crippen molar-refractivity contribution >= 4 is 11.8 Å². The van der Waals surface area contributed by atoms with Crippen LogP contribution in [0, 0.1) is 12.8 Å². The average molecular weight is 235 g/mol. The van der Waals surface area contributed by atoms with Gasteiger partial charge in [-0.05, 0) is 32.4 Å². The van der Waals surface area contributed by atoms with Crippen molar-refractivity contribution in [2.24, 2.45) is 5.92 Å². The second-order valence-corrected chi connectivity index (χ2v) is 4.68. The van der Waals surface area contributed by atoms with Crippen molar-refractivity contribution in [3.63, 3.8) is 0 Å². The number of nitrogen functional groups attached to an aromatic ring is 1. The van der Waals surface area contributed by atoms with Crippen molar-refractivity contribution in [2.75, 3.05) is 37.2 Å². The van der Waals surface area contributed by atoms with Gasteiger partial charge in [-0.3, -0.25) is 0 Å². The molecule has 1 aliphatic rings. The van der Waals surface area contributed by atoms with Gasteiger partial charge in [0.2, 0.25) is 5.95 Å². The molecule has 1 aromatic heterocycles. The molecule has 1 atom stereocenters. The lowest BCUT2D eigenvalue weighted by Crippen LogP contribution is -2.22. The number of aromatic nitrogens is 2. The maximum Gasteiger partial charge on any atom is 0.222 e. The van der Waals surface area contributed by atoms with Crippen molar-refractivity contribution in [1.82, 2.24) is 14.9 Å². The van der Waals surface area contributed by atoms with Crippen molar-refractivity contribution in [3.8, 4) is 0 Å². The number of rotatable bonds is 4. The average Bonchev–Trinajstić information content (AvgIpc) is 2.73. The summed E-state index contributed by atoms with van der Waals surface area (Å²) in [5.41, 5.74) is 6.52. The van der Waals surface area contributed by atoms with Crippen LogP contribution in [-0.2, 0) is 0 Å². The Hall–Kier alpha value is -1.36. The molecule has 5 nitrogen and oxygen atoms in total. The summed E-state index contributed by atoms with van der Waals surface area (Å²) < 4.78 is 0. The molecule has 94 valence electrons. The first kappa shape index (κ1) is 12.1. The highest BCUT2D eigenvalue weighted by Crippen LogP contribution is 2.16. The lowest BCUT2D eigenvalue weighted by atomic mass is 10.1. The fourth-order valence-electron chi connectivity index (χ4n) is 2.30. The summed E-state index contributed by atoms with van der Waals surface area (Å²) in [5.74, 6) is 1.89. The van der Waals surface area contributed by atoms with Gasteiger partial charge in [-0.2, -0.15) is 4.98 Å². The van der Waals surface area contributed by atoms with Crippen molar-refractivity contribution < 1.29 is 0 Å². The van der Waals surface area contributed by atoms with E-state index in [1.807, 2.05) is 13.0 Å². The molecule has 17 heavy (non-hydrogen) atoms. The summed E-state index contributed by atoms with van der Waals surface area (Å²) in [4.78, 5) is 10.7. The number of nitrogens with two attached hydrogens (primary N) is 1. The van der Waals surface area contributed by atoms with E-state index in [9.17, 15) is 0 Å². The third kappa shape index (κ3) is 3.30. The molecule has 0 aliphatic carbocycles. The number of hydrogen-bond donors (Lipinski definition) is 2. The Kier molecular flexibility index (Phi) is 3.78. The van der Waals surface area contributed by atoms with Crippen LogP contribution in [0.2, 0.25) is 0 Å². The Morgan fingerprint density at radius 1 is 1.53 bits per heavy atom. The minimum absolute atomic E-state index is 0.342. The monoisotopic (exact) mass is 235 g/mol.